The van der Waals surface area contributed by atoms with Crippen molar-refractivity contribution in [1.29, 1.82) is 0 Å². The molecule has 39 valence electrons. The Kier molecular flexibility index (Phi) is 10.8. The van der Waals surface area contributed by atoms with Crippen molar-refractivity contribution >= 4 is 29.6 Å². The SMILES string of the molecule is [CH2]CCN(C)C.[NaH]. The van der Waals surface area contributed by atoms with Gasteiger partial charge >= 0.3 is 29.6 Å². The van der Waals surface area contributed by atoms with Crippen molar-refractivity contribution in [3.63, 3.8) is 0 Å². The average molecular weight is 110 g/mol. The zero-order valence-electron chi connectivity index (χ0n) is 4.57. The van der Waals surface area contributed by atoms with Crippen LogP contribution >= 0.6 is 0 Å². The van der Waals surface area contributed by atoms with E-state index in [-0.39, 0.29) is 29.6 Å². The van der Waals surface area contributed by atoms with Crippen molar-refractivity contribution in [1.82, 2.24) is 4.90 Å². The molecule has 1 nitrogen and oxygen atoms in total. The van der Waals surface area contributed by atoms with Crippen molar-refractivity contribution in [2.75, 3.05) is 20.6 Å². The molecule has 0 rings (SSSR count). The Labute approximate surface area is 68.4 Å². The summed E-state index contributed by atoms with van der Waals surface area (Å²) in [6, 6.07) is 0. The molecule has 1 radical (unpaired) electrons. The molecule has 0 amide bonds. The first-order valence-electron chi connectivity index (χ1n) is 2.21. The van der Waals surface area contributed by atoms with Crippen LogP contribution in [0.15, 0.2) is 0 Å². The van der Waals surface area contributed by atoms with Crippen LogP contribution in [0.1, 0.15) is 6.42 Å². The van der Waals surface area contributed by atoms with Crippen LogP contribution in [0.4, 0.5) is 0 Å². The first kappa shape index (κ1) is 10.9. The maximum absolute atomic E-state index is 3.68. The molecular weight excluding hydrogens is 97.1 g/mol. The minimum absolute atomic E-state index is 0. The summed E-state index contributed by atoms with van der Waals surface area (Å²) in [5, 5.41) is 0. The molecule has 0 bridgehead atoms. The molecule has 0 aromatic heterocycles. The van der Waals surface area contributed by atoms with Crippen LogP contribution < -0.4 is 0 Å². The van der Waals surface area contributed by atoms with Gasteiger partial charge in [-0.1, -0.05) is 6.92 Å². The van der Waals surface area contributed by atoms with E-state index in [0.717, 1.165) is 13.0 Å². The Morgan fingerprint density at radius 1 is 1.43 bits per heavy atom. The van der Waals surface area contributed by atoms with Crippen molar-refractivity contribution in [3.05, 3.63) is 6.92 Å². The van der Waals surface area contributed by atoms with Crippen molar-refractivity contribution < 1.29 is 0 Å². The van der Waals surface area contributed by atoms with E-state index < -0.39 is 0 Å². The summed E-state index contributed by atoms with van der Waals surface area (Å²) in [7, 11) is 4.09. The number of hydrogen-bond acceptors (Lipinski definition) is 1. The summed E-state index contributed by atoms with van der Waals surface area (Å²) < 4.78 is 0. The van der Waals surface area contributed by atoms with Crippen LogP contribution in [-0.2, 0) is 0 Å². The Morgan fingerprint density at radius 3 is 1.86 bits per heavy atom. The Hall–Kier alpha value is 0.960. The van der Waals surface area contributed by atoms with Crippen LogP contribution in [0.2, 0.25) is 0 Å². The van der Waals surface area contributed by atoms with Gasteiger partial charge in [-0.2, -0.15) is 0 Å². The fraction of sp³-hybridized carbons (Fsp3) is 0.800. The van der Waals surface area contributed by atoms with E-state index in [1.54, 1.807) is 0 Å². The van der Waals surface area contributed by atoms with Gasteiger partial charge in [0.1, 0.15) is 0 Å². The quantitative estimate of drug-likeness (QED) is 0.456. The Morgan fingerprint density at radius 2 is 1.86 bits per heavy atom. The van der Waals surface area contributed by atoms with Crippen LogP contribution in [0.25, 0.3) is 0 Å². The third-order valence-corrected chi connectivity index (χ3v) is 0.605. The molecular formula is C5H13NNa. The van der Waals surface area contributed by atoms with Crippen LogP contribution in [-0.4, -0.2) is 55.1 Å². The normalized spacial score (nSPS) is 8.57. The molecule has 7 heavy (non-hydrogen) atoms. The predicted molar refractivity (Wildman–Crippen MR) is 35.7 cm³/mol. The fourth-order valence-corrected chi connectivity index (χ4v) is 0.316. The Bertz CT molecular complexity index is 29.3. The summed E-state index contributed by atoms with van der Waals surface area (Å²) in [5.41, 5.74) is 0. The van der Waals surface area contributed by atoms with E-state index in [4.69, 9.17) is 0 Å². The molecule has 0 unspecified atom stereocenters. The molecule has 0 N–H and O–H groups in total. The molecule has 0 aromatic rings. The van der Waals surface area contributed by atoms with E-state index in [2.05, 4.69) is 11.8 Å². The van der Waals surface area contributed by atoms with Gasteiger partial charge in [0.2, 0.25) is 0 Å². The number of hydrogen-bond donors (Lipinski definition) is 0. The summed E-state index contributed by atoms with van der Waals surface area (Å²) >= 11 is 0. The average Bonchev–Trinajstić information content (AvgIpc) is 1.35. The zero-order chi connectivity index (χ0) is 4.99. The van der Waals surface area contributed by atoms with Gasteiger partial charge in [-0.05, 0) is 27.1 Å². The first-order chi connectivity index (χ1) is 2.77. The summed E-state index contributed by atoms with van der Waals surface area (Å²) in [6.45, 7) is 4.78. The molecule has 0 heterocycles. The van der Waals surface area contributed by atoms with E-state index >= 15 is 0 Å². The fourth-order valence-electron chi connectivity index (χ4n) is 0.316. The van der Waals surface area contributed by atoms with Crippen molar-refractivity contribution in [2.24, 2.45) is 0 Å². The van der Waals surface area contributed by atoms with Gasteiger partial charge in [-0.3, -0.25) is 0 Å². The number of rotatable bonds is 2. The monoisotopic (exact) mass is 110 g/mol. The van der Waals surface area contributed by atoms with E-state index in [1.807, 2.05) is 14.1 Å². The maximum atomic E-state index is 3.68. The Balaban J connectivity index is 0. The van der Waals surface area contributed by atoms with Gasteiger partial charge < -0.3 is 4.90 Å². The second-order valence-electron chi connectivity index (χ2n) is 1.66. The summed E-state index contributed by atoms with van der Waals surface area (Å²) in [4.78, 5) is 2.12. The standard InChI is InChI=1S/C5H12N.Na.H/c1-4-5-6(2)3;;/h1,4-5H2,2-3H3;;. The van der Waals surface area contributed by atoms with E-state index in [0.29, 0.717) is 0 Å². The van der Waals surface area contributed by atoms with Crippen molar-refractivity contribution in [2.45, 2.75) is 6.42 Å². The molecule has 0 aliphatic rings. The number of nitrogens with zero attached hydrogens (tertiary/aromatic N) is 1. The van der Waals surface area contributed by atoms with Gasteiger partial charge in [-0.25, -0.2) is 0 Å². The molecule has 0 saturated heterocycles. The summed E-state index contributed by atoms with van der Waals surface area (Å²) in [5.74, 6) is 0. The third kappa shape index (κ3) is 10.9. The van der Waals surface area contributed by atoms with Gasteiger partial charge in [0.05, 0.1) is 0 Å². The van der Waals surface area contributed by atoms with E-state index in [1.165, 1.54) is 0 Å². The molecule has 0 aromatic carbocycles. The molecule has 2 heteroatoms. The second-order valence-corrected chi connectivity index (χ2v) is 1.66. The first-order valence-corrected chi connectivity index (χ1v) is 2.21. The third-order valence-electron chi connectivity index (χ3n) is 0.605. The zero-order valence-corrected chi connectivity index (χ0v) is 4.57. The second kappa shape index (κ2) is 6.96. The van der Waals surface area contributed by atoms with Crippen molar-refractivity contribution in [3.8, 4) is 0 Å². The minimum atomic E-state index is 0. The van der Waals surface area contributed by atoms with Gasteiger partial charge in [0, 0.05) is 0 Å². The molecule has 0 aliphatic carbocycles. The van der Waals surface area contributed by atoms with Gasteiger partial charge in [-0.15, -0.1) is 0 Å². The van der Waals surface area contributed by atoms with E-state index in [9.17, 15) is 0 Å². The van der Waals surface area contributed by atoms with Gasteiger partial charge in [0.15, 0.2) is 0 Å². The topological polar surface area (TPSA) is 3.24 Å². The predicted octanol–water partition coefficient (Wildman–Crippen LogP) is 0.124. The molecule has 0 aliphatic heterocycles. The molecule has 0 saturated carbocycles. The van der Waals surface area contributed by atoms with Crippen LogP contribution in [0.5, 0.6) is 0 Å². The molecule has 0 spiro atoms. The van der Waals surface area contributed by atoms with Crippen LogP contribution in [0.3, 0.4) is 0 Å². The molecule has 0 fully saturated rings. The van der Waals surface area contributed by atoms with Gasteiger partial charge in [0.25, 0.3) is 0 Å². The van der Waals surface area contributed by atoms with Crippen LogP contribution in [0, 0.1) is 6.92 Å². The molecule has 0 atom stereocenters. The summed E-state index contributed by atoms with van der Waals surface area (Å²) in [6.07, 6.45) is 1.01.